The van der Waals surface area contributed by atoms with Crippen molar-refractivity contribution in [3.05, 3.63) is 35.4 Å². The zero-order valence-corrected chi connectivity index (χ0v) is 11.2. The van der Waals surface area contributed by atoms with Crippen LogP contribution in [-0.4, -0.2) is 48.8 Å². The van der Waals surface area contributed by atoms with Crippen LogP contribution >= 0.6 is 0 Å². The number of aliphatic hydroxyl groups excluding tert-OH is 1. The third-order valence-electron chi connectivity index (χ3n) is 3.48. The normalized spacial score (nSPS) is 18.8. The van der Waals surface area contributed by atoms with Gasteiger partial charge >= 0.3 is 0 Å². The molecule has 0 spiro atoms. The van der Waals surface area contributed by atoms with Crippen LogP contribution in [0.2, 0.25) is 0 Å². The summed E-state index contributed by atoms with van der Waals surface area (Å²) in [5, 5.41) is 12.7. The van der Waals surface area contributed by atoms with E-state index in [2.05, 4.69) is 34.5 Å². The van der Waals surface area contributed by atoms with Gasteiger partial charge < -0.3 is 15.3 Å². The van der Waals surface area contributed by atoms with Crippen LogP contribution in [0.4, 0.5) is 0 Å². The molecule has 1 unspecified atom stereocenters. The van der Waals surface area contributed by atoms with Gasteiger partial charge in [0.1, 0.15) is 0 Å². The maximum Gasteiger partial charge on any atom is 0.0552 e. The smallest absolute Gasteiger partial charge is 0.0552 e. The van der Waals surface area contributed by atoms with E-state index < -0.39 is 0 Å². The average molecular weight is 248 g/mol. The van der Waals surface area contributed by atoms with Crippen LogP contribution in [0.5, 0.6) is 0 Å². The highest BCUT2D eigenvalue weighted by Gasteiger charge is 2.08. The Morgan fingerprint density at radius 1 is 1.17 bits per heavy atom. The summed E-state index contributed by atoms with van der Waals surface area (Å²) >= 11 is 0. The Balaban J connectivity index is 1.78. The number of benzene rings is 1. The highest BCUT2D eigenvalue weighted by atomic mass is 16.3. The lowest BCUT2D eigenvalue weighted by molar-refractivity contribution is 0.195. The number of hydrogen-bond acceptors (Lipinski definition) is 3. The number of hydrogen-bond donors (Lipinski definition) is 2. The molecule has 2 N–H and O–H groups in total. The van der Waals surface area contributed by atoms with E-state index in [4.69, 9.17) is 0 Å². The van der Waals surface area contributed by atoms with Gasteiger partial charge in [-0.25, -0.2) is 0 Å². The van der Waals surface area contributed by atoms with Crippen molar-refractivity contribution in [3.8, 4) is 0 Å². The molecule has 1 aromatic rings. The summed E-state index contributed by atoms with van der Waals surface area (Å²) in [6, 6.07) is 8.67. The van der Waals surface area contributed by atoms with Crippen molar-refractivity contribution in [1.29, 1.82) is 0 Å². The molecule has 1 aliphatic rings. The number of nitrogens with zero attached hydrogens (tertiary/aromatic N) is 1. The summed E-state index contributed by atoms with van der Waals surface area (Å²) in [6.07, 6.45) is 1.62. The molecule has 1 fully saturated rings. The Morgan fingerprint density at radius 3 is 2.39 bits per heavy atom. The minimum Gasteiger partial charge on any atom is -0.393 e. The van der Waals surface area contributed by atoms with E-state index in [9.17, 15) is 5.11 Å². The number of piperazine rings is 1. The molecule has 0 aromatic heterocycles. The SMILES string of the molecule is CC(O)Cc1ccc(CCN2CCNCC2)cc1. The molecule has 1 saturated heterocycles. The van der Waals surface area contributed by atoms with Crippen molar-refractivity contribution >= 4 is 0 Å². The Kier molecular flexibility index (Phi) is 5.17. The van der Waals surface area contributed by atoms with Crippen LogP contribution in [0.1, 0.15) is 18.1 Å². The lowest BCUT2D eigenvalue weighted by Gasteiger charge is -2.27. The molecule has 2 rings (SSSR count). The Bertz CT molecular complexity index is 342. The quantitative estimate of drug-likeness (QED) is 0.818. The second-order valence-corrected chi connectivity index (χ2v) is 5.21. The second kappa shape index (κ2) is 6.88. The molecule has 0 aliphatic carbocycles. The van der Waals surface area contributed by atoms with Crippen molar-refractivity contribution in [1.82, 2.24) is 10.2 Å². The van der Waals surface area contributed by atoms with Crippen LogP contribution < -0.4 is 5.32 Å². The maximum absolute atomic E-state index is 9.34. The fraction of sp³-hybridized carbons (Fsp3) is 0.600. The molecule has 0 amide bonds. The summed E-state index contributed by atoms with van der Waals surface area (Å²) in [4.78, 5) is 2.51. The first kappa shape index (κ1) is 13.5. The topological polar surface area (TPSA) is 35.5 Å². The molecule has 0 radical (unpaired) electrons. The Labute approximate surface area is 110 Å². The molecular formula is C15H24N2O. The first-order chi connectivity index (χ1) is 8.74. The van der Waals surface area contributed by atoms with E-state index in [1.807, 2.05) is 6.92 Å². The van der Waals surface area contributed by atoms with Gasteiger partial charge in [0.25, 0.3) is 0 Å². The number of aliphatic hydroxyl groups is 1. The zero-order chi connectivity index (χ0) is 12.8. The maximum atomic E-state index is 9.34. The standard InChI is InChI=1S/C15H24N2O/c1-13(18)12-15-4-2-14(3-5-15)6-9-17-10-7-16-8-11-17/h2-5,13,16,18H,6-12H2,1H3. The molecule has 1 atom stereocenters. The fourth-order valence-corrected chi connectivity index (χ4v) is 2.41. The zero-order valence-electron chi connectivity index (χ0n) is 11.2. The number of rotatable bonds is 5. The molecule has 1 aliphatic heterocycles. The van der Waals surface area contributed by atoms with E-state index in [0.717, 1.165) is 32.5 Å². The lowest BCUT2D eigenvalue weighted by atomic mass is 10.0. The molecule has 1 heterocycles. The molecule has 100 valence electrons. The van der Waals surface area contributed by atoms with Gasteiger partial charge in [-0.2, -0.15) is 0 Å². The van der Waals surface area contributed by atoms with Crippen molar-refractivity contribution < 1.29 is 5.11 Å². The predicted octanol–water partition coefficient (Wildman–Crippen LogP) is 1.06. The Hall–Kier alpha value is -0.900. The third-order valence-corrected chi connectivity index (χ3v) is 3.48. The van der Waals surface area contributed by atoms with Crippen molar-refractivity contribution in [2.75, 3.05) is 32.7 Å². The summed E-state index contributed by atoms with van der Waals surface area (Å²) in [6.45, 7) is 7.55. The van der Waals surface area contributed by atoms with Crippen LogP contribution in [0.15, 0.2) is 24.3 Å². The average Bonchev–Trinajstić information content (AvgIpc) is 2.38. The van der Waals surface area contributed by atoms with E-state index in [1.165, 1.54) is 24.2 Å². The van der Waals surface area contributed by atoms with Crippen molar-refractivity contribution in [3.63, 3.8) is 0 Å². The van der Waals surface area contributed by atoms with Gasteiger partial charge in [-0.05, 0) is 30.9 Å². The van der Waals surface area contributed by atoms with Gasteiger partial charge in [-0.15, -0.1) is 0 Å². The van der Waals surface area contributed by atoms with Gasteiger partial charge in [-0.1, -0.05) is 24.3 Å². The molecule has 18 heavy (non-hydrogen) atoms. The highest BCUT2D eigenvalue weighted by molar-refractivity contribution is 5.23. The fourth-order valence-electron chi connectivity index (χ4n) is 2.41. The molecule has 3 nitrogen and oxygen atoms in total. The van der Waals surface area contributed by atoms with Gasteiger partial charge in [0.2, 0.25) is 0 Å². The van der Waals surface area contributed by atoms with Gasteiger partial charge in [0, 0.05) is 32.7 Å². The van der Waals surface area contributed by atoms with Gasteiger partial charge in [0.05, 0.1) is 6.10 Å². The third kappa shape index (κ3) is 4.41. The van der Waals surface area contributed by atoms with E-state index >= 15 is 0 Å². The first-order valence-corrected chi connectivity index (χ1v) is 6.93. The summed E-state index contributed by atoms with van der Waals surface area (Å²) < 4.78 is 0. The summed E-state index contributed by atoms with van der Waals surface area (Å²) in [7, 11) is 0. The second-order valence-electron chi connectivity index (χ2n) is 5.21. The lowest BCUT2D eigenvalue weighted by Crippen LogP contribution is -2.44. The highest BCUT2D eigenvalue weighted by Crippen LogP contribution is 2.08. The first-order valence-electron chi connectivity index (χ1n) is 6.93. The summed E-state index contributed by atoms with van der Waals surface area (Å²) in [5.74, 6) is 0. The Morgan fingerprint density at radius 2 is 1.78 bits per heavy atom. The predicted molar refractivity (Wildman–Crippen MR) is 74.8 cm³/mol. The molecule has 3 heteroatoms. The van der Waals surface area contributed by atoms with Crippen LogP contribution in [0, 0.1) is 0 Å². The molecule has 0 bridgehead atoms. The van der Waals surface area contributed by atoms with Crippen molar-refractivity contribution in [2.24, 2.45) is 0 Å². The van der Waals surface area contributed by atoms with E-state index in [-0.39, 0.29) is 6.10 Å². The van der Waals surface area contributed by atoms with E-state index in [0.29, 0.717) is 0 Å². The summed E-state index contributed by atoms with van der Waals surface area (Å²) in [5.41, 5.74) is 2.61. The molecule has 0 saturated carbocycles. The van der Waals surface area contributed by atoms with Gasteiger partial charge in [-0.3, -0.25) is 0 Å². The monoisotopic (exact) mass is 248 g/mol. The molecular weight excluding hydrogens is 224 g/mol. The minimum absolute atomic E-state index is 0.253. The van der Waals surface area contributed by atoms with Gasteiger partial charge in [0.15, 0.2) is 0 Å². The minimum atomic E-state index is -0.253. The van der Waals surface area contributed by atoms with Crippen LogP contribution in [0.3, 0.4) is 0 Å². The van der Waals surface area contributed by atoms with Crippen LogP contribution in [-0.2, 0) is 12.8 Å². The molecule has 1 aromatic carbocycles. The van der Waals surface area contributed by atoms with Crippen LogP contribution in [0.25, 0.3) is 0 Å². The van der Waals surface area contributed by atoms with E-state index in [1.54, 1.807) is 0 Å². The largest absolute Gasteiger partial charge is 0.393 e. The van der Waals surface area contributed by atoms with Crippen molar-refractivity contribution in [2.45, 2.75) is 25.9 Å². The number of nitrogens with one attached hydrogen (secondary N) is 1.